The Balaban J connectivity index is 1.37. The molecule has 0 spiro atoms. The van der Waals surface area contributed by atoms with Gasteiger partial charge in [0.1, 0.15) is 11.3 Å². The molecule has 2 aliphatic rings. The van der Waals surface area contributed by atoms with Crippen LogP contribution in [-0.4, -0.2) is 83.5 Å². The largest absolute Gasteiger partial charge is 0.496 e. The highest BCUT2D eigenvalue weighted by Gasteiger charge is 2.49. The Hall–Kier alpha value is -3.69. The van der Waals surface area contributed by atoms with Gasteiger partial charge in [-0.2, -0.15) is 18.4 Å². The molecule has 0 bridgehead atoms. The van der Waals surface area contributed by atoms with Crippen molar-refractivity contribution in [2.45, 2.75) is 32.0 Å². The molecular formula is C28H30F3N5O3S. The summed E-state index contributed by atoms with van der Waals surface area (Å²) in [4.78, 5) is 33.1. The number of carbonyl (C=O) groups is 2. The second-order valence-electron chi connectivity index (χ2n) is 10.2. The highest BCUT2D eigenvalue weighted by molar-refractivity contribution is 7.80. The second kappa shape index (κ2) is 11.4. The summed E-state index contributed by atoms with van der Waals surface area (Å²) >= 11 is 5.57. The molecule has 0 unspecified atom stereocenters. The molecule has 8 nitrogen and oxygen atoms in total. The molecule has 0 radical (unpaired) electrons. The lowest BCUT2D eigenvalue weighted by Gasteiger charge is -2.36. The first-order valence-electron chi connectivity index (χ1n) is 12.8. The van der Waals surface area contributed by atoms with E-state index in [2.05, 4.69) is 4.90 Å². The zero-order valence-electron chi connectivity index (χ0n) is 22.5. The molecule has 2 aromatic carbocycles. The van der Waals surface area contributed by atoms with Crippen LogP contribution in [0.5, 0.6) is 5.75 Å². The SMILES string of the molecule is COc1ccccc1C(=O)N1CCN(CCCN2C(=S)N(c3ccc(C#N)c(C(F)(F)F)c3)C(=O)C2(C)C)CC1. The van der Waals surface area contributed by atoms with E-state index < -0.39 is 28.7 Å². The lowest BCUT2D eigenvalue weighted by Crippen LogP contribution is -2.49. The molecule has 0 saturated carbocycles. The monoisotopic (exact) mass is 573 g/mol. The van der Waals surface area contributed by atoms with Gasteiger partial charge in [-0.15, -0.1) is 0 Å². The fourth-order valence-electron chi connectivity index (χ4n) is 5.06. The number of methoxy groups -OCH3 is 1. The number of hydrogen-bond acceptors (Lipinski definition) is 6. The van der Waals surface area contributed by atoms with Crippen molar-refractivity contribution in [3.05, 3.63) is 59.2 Å². The Labute approximate surface area is 236 Å². The molecule has 0 aliphatic carbocycles. The number of benzene rings is 2. The maximum atomic E-state index is 13.5. The van der Waals surface area contributed by atoms with Crippen LogP contribution in [0, 0.1) is 11.3 Å². The topological polar surface area (TPSA) is 80.1 Å². The van der Waals surface area contributed by atoms with Crippen LogP contribution in [0.3, 0.4) is 0 Å². The van der Waals surface area contributed by atoms with Crippen molar-refractivity contribution in [2.24, 2.45) is 0 Å². The van der Waals surface area contributed by atoms with E-state index in [1.807, 2.05) is 6.07 Å². The third-order valence-electron chi connectivity index (χ3n) is 7.36. The predicted molar refractivity (Wildman–Crippen MR) is 147 cm³/mol. The number of nitrogens with zero attached hydrogens (tertiary/aromatic N) is 5. The normalized spacial score (nSPS) is 17.8. The molecule has 2 heterocycles. The number of carbonyl (C=O) groups excluding carboxylic acids is 2. The molecule has 2 fully saturated rings. The van der Waals surface area contributed by atoms with Gasteiger partial charge in [0.2, 0.25) is 0 Å². The number of ether oxygens (including phenoxy) is 1. The first-order chi connectivity index (χ1) is 18.9. The number of hydrogen-bond donors (Lipinski definition) is 0. The van der Waals surface area contributed by atoms with Crippen molar-refractivity contribution in [1.29, 1.82) is 5.26 Å². The first kappa shape index (κ1) is 29.3. The van der Waals surface area contributed by atoms with Crippen LogP contribution in [0.1, 0.15) is 41.8 Å². The van der Waals surface area contributed by atoms with E-state index in [0.717, 1.165) is 17.0 Å². The van der Waals surface area contributed by atoms with Crippen LogP contribution in [0.25, 0.3) is 0 Å². The third kappa shape index (κ3) is 5.62. The van der Waals surface area contributed by atoms with Crippen molar-refractivity contribution < 1.29 is 27.5 Å². The number of rotatable bonds is 7. The quantitative estimate of drug-likeness (QED) is 0.461. The van der Waals surface area contributed by atoms with E-state index in [0.29, 0.717) is 57.0 Å². The van der Waals surface area contributed by atoms with Crippen LogP contribution in [0.4, 0.5) is 18.9 Å². The van der Waals surface area contributed by atoms with Crippen LogP contribution in [0.2, 0.25) is 0 Å². The van der Waals surface area contributed by atoms with E-state index in [-0.39, 0.29) is 16.7 Å². The van der Waals surface area contributed by atoms with Crippen molar-refractivity contribution in [3.63, 3.8) is 0 Å². The van der Waals surface area contributed by atoms with Crippen LogP contribution in [-0.2, 0) is 11.0 Å². The maximum absolute atomic E-state index is 13.5. The summed E-state index contributed by atoms with van der Waals surface area (Å²) in [7, 11) is 1.54. The van der Waals surface area contributed by atoms with Crippen LogP contribution < -0.4 is 9.64 Å². The fourth-order valence-corrected chi connectivity index (χ4v) is 5.57. The summed E-state index contributed by atoms with van der Waals surface area (Å²) in [6.45, 7) is 7.02. The fraction of sp³-hybridized carbons (Fsp3) is 0.429. The van der Waals surface area contributed by atoms with Crippen molar-refractivity contribution in [3.8, 4) is 11.8 Å². The maximum Gasteiger partial charge on any atom is 0.417 e. The van der Waals surface area contributed by atoms with Gasteiger partial charge in [0.25, 0.3) is 11.8 Å². The summed E-state index contributed by atoms with van der Waals surface area (Å²) < 4.78 is 45.9. The molecular weight excluding hydrogens is 543 g/mol. The number of alkyl halides is 3. The van der Waals surface area contributed by atoms with Gasteiger partial charge in [0.15, 0.2) is 5.11 Å². The van der Waals surface area contributed by atoms with E-state index in [1.54, 1.807) is 47.9 Å². The first-order valence-corrected chi connectivity index (χ1v) is 13.2. The molecule has 2 aliphatic heterocycles. The standard InChI is InChI=1S/C28H30F3N5O3S/c1-27(2)25(38)36(20-10-9-19(18-32)22(17-20)28(29,30)31)26(40)35(27)12-6-11-33-13-15-34(16-14-33)24(37)21-7-4-5-8-23(21)39-3/h4-5,7-10,17H,6,11-16H2,1-3H3. The van der Waals surface area contributed by atoms with Crippen molar-refractivity contribution in [1.82, 2.24) is 14.7 Å². The zero-order valence-corrected chi connectivity index (χ0v) is 23.3. The second-order valence-corrected chi connectivity index (χ2v) is 10.5. The number of thiocarbonyl (C=S) groups is 1. The molecule has 212 valence electrons. The molecule has 2 aromatic rings. The zero-order chi connectivity index (χ0) is 29.2. The van der Waals surface area contributed by atoms with Gasteiger partial charge in [0.05, 0.1) is 35.6 Å². The number of piperazine rings is 1. The van der Waals surface area contributed by atoms with Gasteiger partial charge in [-0.1, -0.05) is 12.1 Å². The van der Waals surface area contributed by atoms with Crippen LogP contribution in [0.15, 0.2) is 42.5 Å². The molecule has 2 saturated heterocycles. The van der Waals surface area contributed by atoms with Gasteiger partial charge in [-0.3, -0.25) is 19.4 Å². The molecule has 4 rings (SSSR count). The Morgan fingerprint density at radius 2 is 1.77 bits per heavy atom. The van der Waals surface area contributed by atoms with Crippen LogP contribution >= 0.6 is 12.2 Å². The van der Waals surface area contributed by atoms with Crippen molar-refractivity contribution >= 4 is 34.8 Å². The van der Waals surface area contributed by atoms with Gasteiger partial charge in [0, 0.05) is 32.7 Å². The summed E-state index contributed by atoms with van der Waals surface area (Å²) in [5.74, 6) is 0.0357. The molecule has 40 heavy (non-hydrogen) atoms. The lowest BCUT2D eigenvalue weighted by atomic mass is 10.0. The summed E-state index contributed by atoms with van der Waals surface area (Å²) in [6, 6.07) is 11.8. The Morgan fingerprint density at radius 1 is 1.10 bits per heavy atom. The smallest absolute Gasteiger partial charge is 0.417 e. The minimum Gasteiger partial charge on any atom is -0.496 e. The van der Waals surface area contributed by atoms with Gasteiger partial charge >= 0.3 is 6.18 Å². The lowest BCUT2D eigenvalue weighted by molar-refractivity contribution is -0.137. The molecule has 0 aromatic heterocycles. The Morgan fingerprint density at radius 3 is 2.40 bits per heavy atom. The minimum atomic E-state index is -4.75. The third-order valence-corrected chi connectivity index (χ3v) is 7.77. The number of amides is 2. The highest BCUT2D eigenvalue weighted by atomic mass is 32.1. The molecule has 12 heteroatoms. The Bertz CT molecular complexity index is 1350. The predicted octanol–water partition coefficient (Wildman–Crippen LogP) is 4.15. The average Bonchev–Trinajstić information content (AvgIpc) is 3.10. The highest BCUT2D eigenvalue weighted by Crippen LogP contribution is 2.38. The van der Waals surface area contributed by atoms with E-state index >= 15 is 0 Å². The van der Waals surface area contributed by atoms with Crippen molar-refractivity contribution in [2.75, 3.05) is 51.3 Å². The van der Waals surface area contributed by atoms with Gasteiger partial charge in [-0.05, 0) is 69.4 Å². The summed E-state index contributed by atoms with van der Waals surface area (Å²) in [5, 5.41) is 9.22. The summed E-state index contributed by atoms with van der Waals surface area (Å²) in [6.07, 6.45) is -4.09. The number of para-hydroxylation sites is 1. The van der Waals surface area contributed by atoms with E-state index in [9.17, 15) is 22.8 Å². The Kier molecular flexibility index (Phi) is 8.37. The molecule has 0 atom stereocenters. The van der Waals surface area contributed by atoms with E-state index in [1.165, 1.54) is 13.2 Å². The molecule has 0 N–H and O–H groups in total. The number of nitriles is 1. The van der Waals surface area contributed by atoms with Gasteiger partial charge in [-0.25, -0.2) is 0 Å². The number of anilines is 1. The number of halogens is 3. The molecule has 2 amide bonds. The van der Waals surface area contributed by atoms with E-state index in [4.69, 9.17) is 22.2 Å². The minimum absolute atomic E-state index is 0.0206. The average molecular weight is 574 g/mol. The van der Waals surface area contributed by atoms with Gasteiger partial charge < -0.3 is 14.5 Å². The summed E-state index contributed by atoms with van der Waals surface area (Å²) in [5.41, 5.74) is -2.17.